The number of aryl methyl sites for hydroxylation is 1. The van der Waals surface area contributed by atoms with Crippen molar-refractivity contribution in [3.63, 3.8) is 0 Å². The lowest BCUT2D eigenvalue weighted by Gasteiger charge is -2.10. The summed E-state index contributed by atoms with van der Waals surface area (Å²) in [6, 6.07) is 11.0. The van der Waals surface area contributed by atoms with Crippen LogP contribution in [0.15, 0.2) is 30.3 Å². The van der Waals surface area contributed by atoms with Crippen LogP contribution in [0.3, 0.4) is 0 Å². The summed E-state index contributed by atoms with van der Waals surface area (Å²) >= 11 is 0. The molecule has 0 saturated heterocycles. The van der Waals surface area contributed by atoms with Crippen LogP contribution in [0.5, 0.6) is 5.88 Å². The number of nitriles is 1. The third-order valence-electron chi connectivity index (χ3n) is 3.93. The van der Waals surface area contributed by atoms with E-state index in [9.17, 15) is 4.79 Å². The van der Waals surface area contributed by atoms with Crippen molar-refractivity contribution in [1.82, 2.24) is 19.9 Å². The number of ether oxygens (including phenoxy) is 1. The minimum atomic E-state index is -0.422. The first-order valence-electron chi connectivity index (χ1n) is 8.07. The predicted molar refractivity (Wildman–Crippen MR) is 96.4 cm³/mol. The highest BCUT2D eigenvalue weighted by molar-refractivity contribution is 5.93. The van der Waals surface area contributed by atoms with E-state index in [2.05, 4.69) is 15.3 Å². The number of aromatic nitrogens is 3. The highest BCUT2D eigenvalue weighted by atomic mass is 16.5. The standard InChI is InChI=1S/C18H18N6O2/c1-3-26-18-11(9-19)12(20)8-14(23-18)17(25)21-10-16-22-13-6-4-5-7-15(13)24(16)2/h4-8H,3,10H2,1-2H3,(H2,20,23)(H,21,25). The number of hydrogen-bond donors (Lipinski definition) is 2. The Balaban J connectivity index is 1.81. The third kappa shape index (κ3) is 3.15. The average molecular weight is 350 g/mol. The molecule has 0 aliphatic rings. The minimum absolute atomic E-state index is 0.0582. The molecule has 0 atom stereocenters. The number of carbonyl (C=O) groups excluding carboxylic acids is 1. The number of nitrogens with zero attached hydrogens (tertiary/aromatic N) is 4. The Morgan fingerprint density at radius 2 is 2.15 bits per heavy atom. The molecule has 0 bridgehead atoms. The Bertz CT molecular complexity index is 1020. The van der Waals surface area contributed by atoms with Crippen molar-refractivity contribution in [3.05, 3.63) is 47.4 Å². The number of nitrogens with one attached hydrogen (secondary N) is 1. The fourth-order valence-electron chi connectivity index (χ4n) is 2.61. The molecule has 3 N–H and O–H groups in total. The summed E-state index contributed by atoms with van der Waals surface area (Å²) in [5.74, 6) is 0.350. The van der Waals surface area contributed by atoms with Gasteiger partial charge in [0.15, 0.2) is 0 Å². The van der Waals surface area contributed by atoms with E-state index >= 15 is 0 Å². The first-order valence-corrected chi connectivity index (χ1v) is 8.07. The zero-order chi connectivity index (χ0) is 18.7. The van der Waals surface area contributed by atoms with E-state index in [4.69, 9.17) is 15.7 Å². The van der Waals surface area contributed by atoms with Crippen LogP contribution in [0.1, 0.15) is 28.8 Å². The first kappa shape index (κ1) is 17.2. The number of hydrogen-bond acceptors (Lipinski definition) is 6. The SMILES string of the molecule is CCOc1nc(C(=O)NCc2nc3ccccc3n2C)cc(N)c1C#N. The van der Waals surface area contributed by atoms with Crippen LogP contribution < -0.4 is 15.8 Å². The first-order chi connectivity index (χ1) is 12.5. The zero-order valence-corrected chi connectivity index (χ0v) is 14.5. The maximum Gasteiger partial charge on any atom is 0.270 e. The zero-order valence-electron chi connectivity index (χ0n) is 14.5. The van der Waals surface area contributed by atoms with Crippen LogP contribution in [0.4, 0.5) is 5.69 Å². The van der Waals surface area contributed by atoms with Crippen LogP contribution in [0, 0.1) is 11.3 Å². The number of rotatable bonds is 5. The largest absolute Gasteiger partial charge is 0.477 e. The molecule has 1 aromatic carbocycles. The molecule has 1 amide bonds. The molecule has 0 fully saturated rings. The fourth-order valence-corrected chi connectivity index (χ4v) is 2.61. The van der Waals surface area contributed by atoms with Gasteiger partial charge in [-0.15, -0.1) is 0 Å². The summed E-state index contributed by atoms with van der Waals surface area (Å²) in [6.45, 7) is 2.30. The van der Waals surface area contributed by atoms with Crippen LogP contribution in [0.2, 0.25) is 0 Å². The second-order valence-corrected chi connectivity index (χ2v) is 5.58. The van der Waals surface area contributed by atoms with Gasteiger partial charge < -0.3 is 20.4 Å². The van der Waals surface area contributed by atoms with Crippen molar-refractivity contribution in [1.29, 1.82) is 5.26 Å². The molecule has 0 spiro atoms. The second-order valence-electron chi connectivity index (χ2n) is 5.58. The number of imidazole rings is 1. The van der Waals surface area contributed by atoms with Crippen LogP contribution in [0.25, 0.3) is 11.0 Å². The van der Waals surface area contributed by atoms with E-state index in [1.54, 1.807) is 6.92 Å². The summed E-state index contributed by atoms with van der Waals surface area (Å²) in [5.41, 5.74) is 8.05. The summed E-state index contributed by atoms with van der Waals surface area (Å²) in [7, 11) is 1.89. The van der Waals surface area contributed by atoms with Gasteiger partial charge in [-0.1, -0.05) is 12.1 Å². The van der Waals surface area contributed by atoms with Gasteiger partial charge in [-0.3, -0.25) is 4.79 Å². The molecule has 8 nitrogen and oxygen atoms in total. The lowest BCUT2D eigenvalue weighted by Crippen LogP contribution is -2.25. The van der Waals surface area contributed by atoms with E-state index in [0.29, 0.717) is 12.4 Å². The Morgan fingerprint density at radius 3 is 2.85 bits per heavy atom. The Morgan fingerprint density at radius 1 is 1.38 bits per heavy atom. The normalized spacial score (nSPS) is 10.5. The highest BCUT2D eigenvalue weighted by Gasteiger charge is 2.17. The Labute approximate surface area is 150 Å². The molecular formula is C18H18N6O2. The smallest absolute Gasteiger partial charge is 0.270 e. The van der Waals surface area contributed by atoms with Crippen LogP contribution in [-0.2, 0) is 13.6 Å². The molecule has 0 unspecified atom stereocenters. The average Bonchev–Trinajstić information content (AvgIpc) is 2.96. The fraction of sp³-hybridized carbons (Fsp3) is 0.222. The molecule has 2 heterocycles. The molecule has 0 aliphatic carbocycles. The van der Waals surface area contributed by atoms with E-state index in [1.807, 2.05) is 41.9 Å². The van der Waals surface area contributed by atoms with Gasteiger partial charge in [0.1, 0.15) is 23.2 Å². The third-order valence-corrected chi connectivity index (χ3v) is 3.93. The Kier molecular flexibility index (Phi) is 4.71. The van der Waals surface area contributed by atoms with E-state index < -0.39 is 5.91 Å². The topological polar surface area (TPSA) is 119 Å². The van der Waals surface area contributed by atoms with Gasteiger partial charge in [-0.2, -0.15) is 5.26 Å². The van der Waals surface area contributed by atoms with E-state index in [-0.39, 0.29) is 29.4 Å². The molecule has 0 radical (unpaired) electrons. The quantitative estimate of drug-likeness (QED) is 0.723. The molecule has 132 valence electrons. The van der Waals surface area contributed by atoms with Crippen LogP contribution in [-0.4, -0.2) is 27.0 Å². The Hall–Kier alpha value is -3.60. The molecule has 26 heavy (non-hydrogen) atoms. The highest BCUT2D eigenvalue weighted by Crippen LogP contribution is 2.22. The number of amides is 1. The van der Waals surface area contributed by atoms with Crippen LogP contribution >= 0.6 is 0 Å². The molecule has 8 heteroatoms. The van der Waals surface area contributed by atoms with Gasteiger partial charge in [0, 0.05) is 7.05 Å². The van der Waals surface area contributed by atoms with Gasteiger partial charge in [0.05, 0.1) is 29.9 Å². The van der Waals surface area contributed by atoms with Gasteiger partial charge >= 0.3 is 0 Å². The molecule has 0 aliphatic heterocycles. The maximum absolute atomic E-state index is 12.4. The number of benzene rings is 1. The molecular weight excluding hydrogens is 332 g/mol. The van der Waals surface area contributed by atoms with Gasteiger partial charge in [-0.25, -0.2) is 9.97 Å². The molecule has 3 rings (SSSR count). The lowest BCUT2D eigenvalue weighted by atomic mass is 10.2. The number of fused-ring (bicyclic) bond motifs is 1. The monoisotopic (exact) mass is 350 g/mol. The van der Waals surface area contributed by atoms with Crippen molar-refractivity contribution in [2.75, 3.05) is 12.3 Å². The number of pyridine rings is 1. The number of nitrogens with two attached hydrogens (primary N) is 1. The summed E-state index contributed by atoms with van der Waals surface area (Å²) in [6.07, 6.45) is 0. The van der Waals surface area contributed by atoms with Gasteiger partial charge in [0.2, 0.25) is 5.88 Å². The minimum Gasteiger partial charge on any atom is -0.477 e. The number of nitrogen functional groups attached to an aromatic ring is 1. The number of carbonyl (C=O) groups is 1. The van der Waals surface area contributed by atoms with Crippen molar-refractivity contribution < 1.29 is 9.53 Å². The summed E-state index contributed by atoms with van der Waals surface area (Å²) in [5, 5.41) is 11.9. The second kappa shape index (κ2) is 7.11. The summed E-state index contributed by atoms with van der Waals surface area (Å²) in [4.78, 5) is 21.1. The molecule has 3 aromatic rings. The number of para-hydroxylation sites is 2. The van der Waals surface area contributed by atoms with Crippen molar-refractivity contribution in [2.45, 2.75) is 13.5 Å². The van der Waals surface area contributed by atoms with E-state index in [0.717, 1.165) is 11.0 Å². The number of anilines is 1. The van der Waals surface area contributed by atoms with Crippen molar-refractivity contribution >= 4 is 22.6 Å². The van der Waals surface area contributed by atoms with Crippen molar-refractivity contribution in [3.8, 4) is 11.9 Å². The predicted octanol–water partition coefficient (Wildman–Crippen LogP) is 1.75. The van der Waals surface area contributed by atoms with Crippen molar-refractivity contribution in [2.24, 2.45) is 7.05 Å². The molecule has 0 saturated carbocycles. The summed E-state index contributed by atoms with van der Waals surface area (Å²) < 4.78 is 7.23. The molecule has 2 aromatic heterocycles. The van der Waals surface area contributed by atoms with Gasteiger partial charge in [-0.05, 0) is 25.1 Å². The van der Waals surface area contributed by atoms with E-state index in [1.165, 1.54) is 6.07 Å². The maximum atomic E-state index is 12.4. The lowest BCUT2D eigenvalue weighted by molar-refractivity contribution is 0.0943. The van der Waals surface area contributed by atoms with Gasteiger partial charge in [0.25, 0.3) is 5.91 Å².